The van der Waals surface area contributed by atoms with E-state index in [1.807, 2.05) is 32.9 Å². The average molecular weight is 590 g/mol. The van der Waals surface area contributed by atoms with Crippen molar-refractivity contribution >= 4 is 36.2 Å². The quantitative estimate of drug-likeness (QED) is 0.144. The van der Waals surface area contributed by atoms with Crippen molar-refractivity contribution in [1.29, 1.82) is 0 Å². The highest BCUT2D eigenvalue weighted by atomic mass is 16.4. The second-order valence-electron chi connectivity index (χ2n) is 12.0. The summed E-state index contributed by atoms with van der Waals surface area (Å²) >= 11 is 0. The number of carbonyl (C=O) groups excluding carboxylic acids is 2. The van der Waals surface area contributed by atoms with Crippen LogP contribution in [0.25, 0.3) is 6.08 Å². The van der Waals surface area contributed by atoms with E-state index in [0.29, 0.717) is 37.0 Å². The lowest BCUT2D eigenvalue weighted by Gasteiger charge is -2.36. The van der Waals surface area contributed by atoms with E-state index in [-0.39, 0.29) is 23.7 Å². The monoisotopic (exact) mass is 589 g/mol. The number of phenolic OH excluding ortho intramolecular Hbond substituents is 1. The van der Waals surface area contributed by atoms with Crippen LogP contribution in [0.5, 0.6) is 5.75 Å². The van der Waals surface area contributed by atoms with Crippen LogP contribution in [0.2, 0.25) is 0 Å². The molecule has 1 aliphatic heterocycles. The Morgan fingerprint density at radius 1 is 1.05 bits per heavy atom. The molecule has 0 radical (unpaired) electrons. The fourth-order valence-electron chi connectivity index (χ4n) is 6.95. The van der Waals surface area contributed by atoms with E-state index >= 15 is 0 Å². The maximum absolute atomic E-state index is 13.8. The molecule has 0 unspecified atom stereocenters. The van der Waals surface area contributed by atoms with Gasteiger partial charge in [0.2, 0.25) is 11.8 Å². The lowest BCUT2D eigenvalue weighted by atomic mass is 9.67. The summed E-state index contributed by atoms with van der Waals surface area (Å²) in [7, 11) is -1.74. The van der Waals surface area contributed by atoms with Gasteiger partial charge in [0.1, 0.15) is 5.75 Å². The number of fused-ring (bicyclic) bond motifs is 1. The molecule has 1 aliphatic carbocycles. The van der Waals surface area contributed by atoms with E-state index in [1.165, 1.54) is 17.7 Å². The number of allylic oxidation sites excluding steroid dienone is 2. The zero-order valence-electron chi connectivity index (χ0n) is 25.6. The molecular weight excluding hydrogens is 545 g/mol. The zero-order chi connectivity index (χ0) is 31.4. The van der Waals surface area contributed by atoms with Crippen LogP contribution in [0.1, 0.15) is 75.5 Å². The van der Waals surface area contributed by atoms with Crippen molar-refractivity contribution in [2.24, 2.45) is 17.8 Å². The summed E-state index contributed by atoms with van der Waals surface area (Å²) in [6.07, 6.45) is 5.86. The third kappa shape index (κ3) is 6.80. The minimum atomic E-state index is -1.74. The molecule has 5 N–H and O–H groups in total. The number of benzene rings is 2. The number of anilines is 1. The Hall–Kier alpha value is -3.24. The first-order chi connectivity index (χ1) is 20.5. The predicted octanol–water partition coefficient (Wildman–Crippen LogP) is 3.93. The smallest absolute Gasteiger partial charge is 0.488 e. The molecule has 2 aliphatic rings. The first-order valence-electron chi connectivity index (χ1n) is 15.4. The van der Waals surface area contributed by atoms with E-state index < -0.39 is 36.9 Å². The molecule has 0 spiro atoms. The molecule has 9 heteroatoms. The Morgan fingerprint density at radius 2 is 1.74 bits per heavy atom. The Labute approximate surface area is 254 Å². The van der Waals surface area contributed by atoms with Gasteiger partial charge in [-0.2, -0.15) is 0 Å². The van der Waals surface area contributed by atoms with Gasteiger partial charge >= 0.3 is 7.12 Å². The number of aromatic hydroxyl groups is 1. The number of aliphatic hydroxyl groups excluding tert-OH is 2. The van der Waals surface area contributed by atoms with E-state index in [2.05, 4.69) is 13.0 Å². The number of rotatable bonds is 12. The van der Waals surface area contributed by atoms with Crippen molar-refractivity contribution in [2.75, 3.05) is 11.5 Å². The van der Waals surface area contributed by atoms with Gasteiger partial charge in [0, 0.05) is 5.92 Å². The van der Waals surface area contributed by atoms with Crippen LogP contribution in [0, 0.1) is 31.6 Å². The molecule has 0 aromatic heterocycles. The molecule has 4 rings (SSSR count). The first kappa shape index (κ1) is 32.7. The Balaban J connectivity index is 1.62. The molecule has 2 aromatic carbocycles. The topological polar surface area (TPSA) is 139 Å². The van der Waals surface area contributed by atoms with Crippen LogP contribution in [-0.4, -0.2) is 57.0 Å². The fourth-order valence-corrected chi connectivity index (χ4v) is 6.95. The van der Waals surface area contributed by atoms with E-state index in [0.717, 1.165) is 46.4 Å². The molecule has 230 valence electrons. The van der Waals surface area contributed by atoms with E-state index in [4.69, 9.17) is 0 Å². The summed E-state index contributed by atoms with van der Waals surface area (Å²) in [6, 6.07) is 9.97. The van der Waals surface area contributed by atoms with Gasteiger partial charge in [-0.3, -0.25) is 14.5 Å². The van der Waals surface area contributed by atoms with Gasteiger partial charge in [-0.1, -0.05) is 56.0 Å². The molecule has 1 fully saturated rings. The maximum atomic E-state index is 13.8. The number of amides is 2. The third-order valence-corrected chi connectivity index (χ3v) is 8.91. The van der Waals surface area contributed by atoms with Crippen molar-refractivity contribution < 1.29 is 35.0 Å². The van der Waals surface area contributed by atoms with E-state index in [1.54, 1.807) is 12.1 Å². The Kier molecular flexibility index (Phi) is 10.7. The van der Waals surface area contributed by atoms with Gasteiger partial charge in [0.05, 0.1) is 30.2 Å². The summed E-state index contributed by atoms with van der Waals surface area (Å²) in [6.45, 7) is 7.51. The van der Waals surface area contributed by atoms with Crippen LogP contribution in [-0.2, 0) is 9.59 Å². The minimum absolute atomic E-state index is 0.168. The van der Waals surface area contributed by atoms with Crippen LogP contribution in [0.15, 0.2) is 53.1 Å². The van der Waals surface area contributed by atoms with Gasteiger partial charge in [-0.25, -0.2) is 0 Å². The number of nitrogens with zero attached hydrogens (tertiary/aromatic N) is 1. The lowest BCUT2D eigenvalue weighted by Crippen LogP contribution is -2.39. The van der Waals surface area contributed by atoms with Crippen molar-refractivity contribution in [3.63, 3.8) is 0 Å². The number of imide groups is 1. The fraction of sp³-hybridized carbons (Fsp3) is 0.471. The van der Waals surface area contributed by atoms with Gasteiger partial charge in [-0.05, 0) is 97.9 Å². The number of carbonyl (C=O) groups is 2. The van der Waals surface area contributed by atoms with Crippen LogP contribution < -0.4 is 10.4 Å². The summed E-state index contributed by atoms with van der Waals surface area (Å²) in [5.41, 5.74) is 5.83. The molecule has 0 saturated carbocycles. The molecule has 0 bridgehead atoms. The highest BCUT2D eigenvalue weighted by Crippen LogP contribution is 2.48. The minimum Gasteiger partial charge on any atom is -0.507 e. The van der Waals surface area contributed by atoms with Gasteiger partial charge in [0.15, 0.2) is 0 Å². The van der Waals surface area contributed by atoms with Gasteiger partial charge < -0.3 is 25.4 Å². The second kappa shape index (κ2) is 14.0. The molecule has 2 amide bonds. The molecule has 8 nitrogen and oxygen atoms in total. The molecule has 43 heavy (non-hydrogen) atoms. The van der Waals surface area contributed by atoms with Gasteiger partial charge in [0.25, 0.3) is 0 Å². The highest BCUT2D eigenvalue weighted by molar-refractivity contribution is 6.58. The van der Waals surface area contributed by atoms with Gasteiger partial charge in [-0.15, -0.1) is 0 Å². The molecular formula is C34H44BNO7. The number of phenols is 1. The zero-order valence-corrected chi connectivity index (χ0v) is 25.6. The van der Waals surface area contributed by atoms with Crippen LogP contribution in [0.3, 0.4) is 0 Å². The van der Waals surface area contributed by atoms with E-state index in [9.17, 15) is 35.0 Å². The summed E-state index contributed by atoms with van der Waals surface area (Å²) < 4.78 is 0. The normalized spacial score (nSPS) is 21.4. The van der Waals surface area contributed by atoms with Crippen LogP contribution >= 0.6 is 0 Å². The first-order valence-corrected chi connectivity index (χ1v) is 15.4. The Morgan fingerprint density at radius 3 is 2.35 bits per heavy atom. The highest BCUT2D eigenvalue weighted by Gasteiger charge is 2.55. The SMILES string of the molecule is CCCC1=C([C@H](O)CC/C(=C/c2cc(C)c(O)c(C)c2)CCC)[C@H](CO)[C@@H]2C(=O)N(c3cccc(B(O)O)c3)C(=O)[C@@H]2C1. The summed E-state index contributed by atoms with van der Waals surface area (Å²) in [5.74, 6) is -2.66. The number of hydrogen-bond acceptors (Lipinski definition) is 7. The number of aliphatic hydroxyl groups is 2. The molecule has 4 atom stereocenters. The number of aryl methyl sites for hydroxylation is 2. The number of hydrogen-bond donors (Lipinski definition) is 5. The van der Waals surface area contributed by atoms with Crippen molar-refractivity contribution in [2.45, 2.75) is 78.7 Å². The standard InChI is InChI=1S/C34H44BNO7/c1-5-8-22(16-23-14-20(3)32(39)21(4)15-23)12-13-29(38)30-24(9-6-2)17-27-31(28(30)19-37)34(41)36(33(27)40)26-11-7-10-25(18-26)35(42)43/h7,10-11,14-16,18,27-29,31,37-39,42-43H,5-6,8-9,12-13,17,19H2,1-4H3/b22-16+/t27-,28+,29-,31-/m1/s1. The predicted molar refractivity (Wildman–Crippen MR) is 169 cm³/mol. The second-order valence-corrected chi connectivity index (χ2v) is 12.0. The third-order valence-electron chi connectivity index (χ3n) is 8.91. The largest absolute Gasteiger partial charge is 0.507 e. The molecule has 2 aromatic rings. The lowest BCUT2D eigenvalue weighted by molar-refractivity contribution is -0.123. The Bertz CT molecular complexity index is 1390. The molecule has 1 saturated heterocycles. The molecule has 1 heterocycles. The van der Waals surface area contributed by atoms with Crippen molar-refractivity contribution in [1.82, 2.24) is 0 Å². The maximum Gasteiger partial charge on any atom is 0.488 e. The van der Waals surface area contributed by atoms with Crippen LogP contribution in [0.4, 0.5) is 5.69 Å². The van der Waals surface area contributed by atoms with Crippen molar-refractivity contribution in [3.8, 4) is 5.75 Å². The summed E-state index contributed by atoms with van der Waals surface area (Å²) in [5, 5.41) is 51.7. The average Bonchev–Trinajstić information content (AvgIpc) is 3.22. The van der Waals surface area contributed by atoms with Crippen molar-refractivity contribution in [3.05, 3.63) is 69.8 Å². The summed E-state index contributed by atoms with van der Waals surface area (Å²) in [4.78, 5) is 28.5.